The molecule has 1 aromatic heterocycles. The Balaban J connectivity index is 1.72. The number of benzene rings is 8. The topological polar surface area (TPSA) is 13.1 Å². The van der Waals surface area contributed by atoms with Crippen LogP contribution >= 0.6 is 0 Å². The number of furan rings is 1. The summed E-state index contributed by atoms with van der Waals surface area (Å²) >= 11 is 0. The Morgan fingerprint density at radius 1 is 0.415 bits per heavy atom. The summed E-state index contributed by atoms with van der Waals surface area (Å²) in [5.41, 5.74) is -1.96. The molecular weight excluding hydrogens is 496 g/mol. The van der Waals surface area contributed by atoms with Crippen LogP contribution in [0.4, 0.5) is 0 Å². The molecule has 0 fully saturated rings. The molecule has 0 atom stereocenters. The molecule has 9 rings (SSSR count). The zero-order valence-corrected chi connectivity index (χ0v) is 20.7. The molecule has 0 N–H and O–H groups in total. The van der Waals surface area contributed by atoms with Crippen molar-refractivity contribution in [3.63, 3.8) is 0 Å². The molecule has 41 heavy (non-hydrogen) atoms. The van der Waals surface area contributed by atoms with Crippen molar-refractivity contribution in [1.82, 2.24) is 0 Å². The van der Waals surface area contributed by atoms with Crippen LogP contribution in [0.2, 0.25) is 0 Å². The van der Waals surface area contributed by atoms with Crippen LogP contribution in [0.3, 0.4) is 0 Å². The van der Waals surface area contributed by atoms with Gasteiger partial charge >= 0.3 is 0 Å². The quantitative estimate of drug-likeness (QED) is 0.157. The SMILES string of the molecule is [2H]c1c([2H])c([2H])c2c(oc3ccccc32)c1-c1c2c([2H])c([2H])c([2H])c([2H])c2c(-c2c([2H])c3c([2H])c([2H])c([2H])c([2H])c3c3c([2H])c([2H])c([2H])c([2H])c23)c2c([2H])c([2H])c([2H])c([2H])c12. The summed E-state index contributed by atoms with van der Waals surface area (Å²) in [4.78, 5) is 0. The molecule has 1 nitrogen and oxygen atoms in total. The molecule has 0 aliphatic heterocycles. The van der Waals surface area contributed by atoms with E-state index in [9.17, 15) is 9.60 Å². The van der Waals surface area contributed by atoms with E-state index in [-0.39, 0.29) is 22.1 Å². The highest BCUT2D eigenvalue weighted by Crippen LogP contribution is 2.48. The Labute approximate surface area is 265 Å². The minimum absolute atomic E-state index is 0.0257. The van der Waals surface area contributed by atoms with E-state index in [1.807, 2.05) is 0 Å². The predicted molar refractivity (Wildman–Crippen MR) is 175 cm³/mol. The first-order chi connectivity index (χ1) is 28.7. The molecule has 0 amide bonds. The second-order valence-corrected chi connectivity index (χ2v) is 9.30. The lowest BCUT2D eigenvalue weighted by atomic mass is 9.83. The average molecular weight is 541 g/mol. The van der Waals surface area contributed by atoms with Gasteiger partial charge in [0.2, 0.25) is 0 Å². The summed E-state index contributed by atoms with van der Waals surface area (Å²) in [6.45, 7) is 0. The van der Waals surface area contributed by atoms with Crippen LogP contribution in [-0.2, 0) is 0 Å². The largest absolute Gasteiger partial charge is 0.455 e. The summed E-state index contributed by atoms with van der Waals surface area (Å²) in [6.07, 6.45) is 0. The first-order valence-corrected chi connectivity index (χ1v) is 12.5. The van der Waals surface area contributed by atoms with E-state index in [0.29, 0.717) is 5.39 Å². The molecule has 0 unspecified atom stereocenters. The van der Waals surface area contributed by atoms with Crippen molar-refractivity contribution in [3.05, 3.63) is 145 Å². The van der Waals surface area contributed by atoms with Gasteiger partial charge in [0.05, 0.1) is 27.4 Å². The Bertz CT molecular complexity index is 3510. The van der Waals surface area contributed by atoms with Crippen LogP contribution in [0.1, 0.15) is 27.4 Å². The molecule has 9 aromatic rings. The van der Waals surface area contributed by atoms with Gasteiger partial charge in [-0.1, -0.05) is 133 Å². The minimum Gasteiger partial charge on any atom is -0.455 e. The third-order valence-electron chi connectivity index (χ3n) is 7.20. The molecule has 1 heterocycles. The fourth-order valence-electron chi connectivity index (χ4n) is 5.52. The lowest BCUT2D eigenvalue weighted by molar-refractivity contribution is 0.670. The van der Waals surface area contributed by atoms with Gasteiger partial charge < -0.3 is 4.42 Å². The highest BCUT2D eigenvalue weighted by molar-refractivity contribution is 6.27. The van der Waals surface area contributed by atoms with E-state index < -0.39 is 181 Å². The van der Waals surface area contributed by atoms with E-state index in [0.717, 1.165) is 0 Å². The Morgan fingerprint density at radius 2 is 0.951 bits per heavy atom. The molecule has 0 aliphatic rings. The summed E-state index contributed by atoms with van der Waals surface area (Å²) in [5, 5.41) is -3.79. The fraction of sp³-hybridized carbons (Fsp3) is 0. The number of para-hydroxylation sites is 2. The summed E-state index contributed by atoms with van der Waals surface area (Å²) in [5.74, 6) is 0. The molecular formula is C40H24O. The minimum atomic E-state index is -0.868. The van der Waals surface area contributed by atoms with Crippen molar-refractivity contribution < 1.29 is 31.8 Å². The lowest BCUT2D eigenvalue weighted by Gasteiger charge is -2.19. The standard InChI is InChI=1S/C40H24O/c1-2-13-26-25(12-1)24-36(28-15-4-3-14-27(26)28)39-32-19-7-5-17-30(32)38(31-18-6-8-20-33(31)39)35-22-11-21-34-29-16-9-10-23-37(29)41-40(34)35/h1-24H/i1D,2D,3D,4D,5D,6D,7D,8D,11D,12D,13D,14D,15D,17D,18D,19D,20D,21D,22D,24D. The van der Waals surface area contributed by atoms with Crippen molar-refractivity contribution in [2.75, 3.05) is 0 Å². The van der Waals surface area contributed by atoms with E-state index >= 15 is 0 Å². The highest BCUT2D eigenvalue weighted by Gasteiger charge is 2.21. The van der Waals surface area contributed by atoms with E-state index in [1.54, 1.807) is 24.3 Å². The van der Waals surface area contributed by atoms with Gasteiger partial charge in [-0.3, -0.25) is 0 Å². The fourth-order valence-corrected chi connectivity index (χ4v) is 5.52. The Kier molecular flexibility index (Phi) is 2.20. The van der Waals surface area contributed by atoms with Gasteiger partial charge in [0.15, 0.2) is 0 Å². The molecule has 1 heteroatoms. The first kappa shape index (κ1) is 10.5. The highest BCUT2D eigenvalue weighted by atomic mass is 16.3. The summed E-state index contributed by atoms with van der Waals surface area (Å²) in [7, 11) is 0. The first-order valence-electron chi connectivity index (χ1n) is 22.5. The van der Waals surface area contributed by atoms with E-state index in [2.05, 4.69) is 0 Å². The second-order valence-electron chi connectivity index (χ2n) is 9.30. The third-order valence-corrected chi connectivity index (χ3v) is 7.20. The van der Waals surface area contributed by atoms with Crippen LogP contribution in [-0.4, -0.2) is 0 Å². The molecule has 0 aliphatic carbocycles. The maximum absolute atomic E-state index is 9.74. The zero-order valence-electron chi connectivity index (χ0n) is 40.7. The van der Waals surface area contributed by atoms with Gasteiger partial charge in [-0.2, -0.15) is 0 Å². The number of hydrogen-bond acceptors (Lipinski definition) is 1. The number of hydrogen-bond donors (Lipinski definition) is 0. The third kappa shape index (κ3) is 3.18. The molecule has 8 aromatic carbocycles. The van der Waals surface area contributed by atoms with Crippen molar-refractivity contribution >= 4 is 65.0 Å². The summed E-state index contributed by atoms with van der Waals surface area (Å²) < 4.78 is 187. The smallest absolute Gasteiger partial charge is 0.143 e. The van der Waals surface area contributed by atoms with Gasteiger partial charge in [-0.05, 0) is 66.3 Å². The molecule has 0 bridgehead atoms. The molecule has 0 spiro atoms. The van der Waals surface area contributed by atoms with Crippen molar-refractivity contribution in [1.29, 1.82) is 0 Å². The van der Waals surface area contributed by atoms with Crippen LogP contribution < -0.4 is 0 Å². The molecule has 0 saturated heterocycles. The predicted octanol–water partition coefficient (Wildman–Crippen LogP) is 11.5. The van der Waals surface area contributed by atoms with Crippen LogP contribution in [0.15, 0.2) is 150 Å². The van der Waals surface area contributed by atoms with Crippen molar-refractivity contribution in [2.24, 2.45) is 0 Å². The van der Waals surface area contributed by atoms with Crippen molar-refractivity contribution in [3.8, 4) is 22.3 Å². The monoisotopic (exact) mass is 540 g/mol. The molecule has 0 radical (unpaired) electrons. The van der Waals surface area contributed by atoms with E-state index in [1.165, 1.54) is 0 Å². The van der Waals surface area contributed by atoms with Gasteiger partial charge in [0, 0.05) is 21.9 Å². The molecule has 0 saturated carbocycles. The maximum atomic E-state index is 9.74. The number of rotatable bonds is 2. The summed E-state index contributed by atoms with van der Waals surface area (Å²) in [6, 6.07) is -9.33. The van der Waals surface area contributed by atoms with Crippen LogP contribution in [0, 0.1) is 0 Å². The van der Waals surface area contributed by atoms with Gasteiger partial charge in [0.25, 0.3) is 0 Å². The zero-order chi connectivity index (χ0) is 44.3. The molecule has 190 valence electrons. The maximum Gasteiger partial charge on any atom is 0.143 e. The van der Waals surface area contributed by atoms with Gasteiger partial charge in [0.1, 0.15) is 11.2 Å². The van der Waals surface area contributed by atoms with Gasteiger partial charge in [-0.15, -0.1) is 0 Å². The number of fused-ring (bicyclic) bond motifs is 8. The van der Waals surface area contributed by atoms with E-state index in [4.69, 9.17) is 22.2 Å². The normalized spacial score (nSPS) is 18.7. The van der Waals surface area contributed by atoms with Crippen molar-refractivity contribution in [2.45, 2.75) is 0 Å². The Hall–Kier alpha value is -5.40. The van der Waals surface area contributed by atoms with Crippen LogP contribution in [0.25, 0.3) is 87.3 Å². The van der Waals surface area contributed by atoms with Gasteiger partial charge in [-0.25, -0.2) is 0 Å². The lowest BCUT2D eigenvalue weighted by Crippen LogP contribution is -1.92. The second kappa shape index (κ2) is 8.55. The van der Waals surface area contributed by atoms with Crippen LogP contribution in [0.5, 0.6) is 0 Å². The Morgan fingerprint density at radius 3 is 1.66 bits per heavy atom. The average Bonchev–Trinajstić information content (AvgIpc) is 3.63.